The smallest absolute Gasteiger partial charge is 0.327 e. The van der Waals surface area contributed by atoms with Gasteiger partial charge in [0.15, 0.2) is 12.4 Å². The monoisotopic (exact) mass is 444 g/mol. The highest BCUT2D eigenvalue weighted by Gasteiger charge is 2.47. The van der Waals surface area contributed by atoms with Crippen LogP contribution in [-0.4, -0.2) is 32.5 Å². The van der Waals surface area contributed by atoms with Crippen molar-refractivity contribution in [2.45, 2.75) is 53.5 Å². The minimum Gasteiger partial charge on any atom is -0.858 e. The Morgan fingerprint density at radius 1 is 1.03 bits per heavy atom. The van der Waals surface area contributed by atoms with Crippen molar-refractivity contribution < 1.29 is 19.3 Å². The second kappa shape index (κ2) is 8.65. The molecule has 3 heterocycles. The van der Waals surface area contributed by atoms with Gasteiger partial charge in [-0.1, -0.05) is 31.5 Å². The van der Waals surface area contributed by atoms with E-state index in [-0.39, 0.29) is 22.9 Å². The maximum absolute atomic E-state index is 13.7. The third-order valence-corrected chi connectivity index (χ3v) is 5.66. The van der Waals surface area contributed by atoms with Gasteiger partial charge in [0.25, 0.3) is 11.6 Å². The number of carbonyl (C=O) groups is 2. The lowest BCUT2D eigenvalue weighted by Crippen LogP contribution is -2.42. The topological polar surface area (TPSA) is 82.1 Å². The average molecular weight is 445 g/mol. The van der Waals surface area contributed by atoms with Gasteiger partial charge < -0.3 is 5.11 Å². The van der Waals surface area contributed by atoms with Gasteiger partial charge >= 0.3 is 5.91 Å². The predicted octanol–water partition coefficient (Wildman–Crippen LogP) is 2.95. The summed E-state index contributed by atoms with van der Waals surface area (Å²) in [6, 6.07) is 10.8. The van der Waals surface area contributed by atoms with Crippen molar-refractivity contribution in [1.29, 1.82) is 0 Å². The largest absolute Gasteiger partial charge is 0.858 e. The Balaban J connectivity index is 2.04. The number of amides is 2. The summed E-state index contributed by atoms with van der Waals surface area (Å²) in [6.45, 7) is 9.44. The number of aryl methyl sites for hydroxylation is 3. The second-order valence-corrected chi connectivity index (χ2v) is 8.72. The molecule has 0 unspecified atom stereocenters. The van der Waals surface area contributed by atoms with Crippen LogP contribution in [0.4, 0.5) is 0 Å². The summed E-state index contributed by atoms with van der Waals surface area (Å²) in [5.41, 5.74) is 3.56. The molecule has 7 nitrogen and oxygen atoms in total. The van der Waals surface area contributed by atoms with Crippen LogP contribution >= 0.6 is 0 Å². The maximum Gasteiger partial charge on any atom is 0.327 e. The van der Waals surface area contributed by atoms with Gasteiger partial charge in [0.1, 0.15) is 5.57 Å². The van der Waals surface area contributed by atoms with E-state index in [1.165, 1.54) is 9.58 Å². The molecule has 3 aromatic rings. The van der Waals surface area contributed by atoms with Crippen molar-refractivity contribution in [3.05, 3.63) is 71.2 Å². The Kier molecular flexibility index (Phi) is 5.89. The van der Waals surface area contributed by atoms with E-state index < -0.39 is 17.7 Å². The van der Waals surface area contributed by atoms with Crippen molar-refractivity contribution in [3.63, 3.8) is 0 Å². The Bertz CT molecular complexity index is 1250. The molecule has 2 aromatic heterocycles. The molecule has 1 aromatic carbocycles. The summed E-state index contributed by atoms with van der Waals surface area (Å²) in [6.07, 6.45) is 4.88. The fourth-order valence-electron chi connectivity index (χ4n) is 4.36. The van der Waals surface area contributed by atoms with E-state index in [4.69, 9.17) is 0 Å². The maximum atomic E-state index is 13.7. The standard InChI is InChI=1S/C26H28N4O3/c1-6-10-20-21(25(32)30(27-20)19-11-8-7-9-12-19)22-23(26(33)29(16(2)3)24(22)31)28-14-17(4)13-18(5)15-28/h7-9,11-16H,6,10H2,1-5H3. The van der Waals surface area contributed by atoms with Crippen LogP contribution in [0.25, 0.3) is 17.0 Å². The highest BCUT2D eigenvalue weighted by molar-refractivity contribution is 6.45. The van der Waals surface area contributed by atoms with Crippen LogP contribution in [0, 0.1) is 13.8 Å². The van der Waals surface area contributed by atoms with E-state index in [1.54, 1.807) is 30.5 Å². The molecule has 0 bridgehead atoms. The summed E-state index contributed by atoms with van der Waals surface area (Å²) < 4.78 is 3.00. The molecule has 0 saturated carbocycles. The number of benzene rings is 1. The number of hydrogen-bond donors (Lipinski definition) is 0. The number of aromatic nitrogens is 3. The number of hydrogen-bond acceptors (Lipinski definition) is 4. The minimum absolute atomic E-state index is 0.124. The molecule has 0 aliphatic carbocycles. The Morgan fingerprint density at radius 3 is 2.24 bits per heavy atom. The van der Waals surface area contributed by atoms with E-state index in [9.17, 15) is 14.7 Å². The van der Waals surface area contributed by atoms with Crippen LogP contribution in [0.5, 0.6) is 5.88 Å². The third-order valence-electron chi connectivity index (χ3n) is 5.66. The molecule has 33 heavy (non-hydrogen) atoms. The number of nitrogens with zero attached hydrogens (tertiary/aromatic N) is 4. The first kappa shape index (κ1) is 22.5. The first-order chi connectivity index (χ1) is 15.7. The number of imide groups is 1. The highest BCUT2D eigenvalue weighted by Crippen LogP contribution is 2.38. The molecule has 7 heteroatoms. The first-order valence-corrected chi connectivity index (χ1v) is 11.2. The summed E-state index contributed by atoms with van der Waals surface area (Å²) in [5, 5.41) is 18.3. The first-order valence-electron chi connectivity index (χ1n) is 11.2. The molecule has 0 N–H and O–H groups in total. The van der Waals surface area contributed by atoms with E-state index >= 15 is 0 Å². The molecule has 2 amide bonds. The van der Waals surface area contributed by atoms with Gasteiger partial charge in [-0.15, -0.1) is 0 Å². The molecule has 0 atom stereocenters. The van der Waals surface area contributed by atoms with Gasteiger partial charge in [-0.25, -0.2) is 4.68 Å². The molecule has 1 aliphatic rings. The molecule has 170 valence electrons. The molecule has 1 aliphatic heterocycles. The quantitative estimate of drug-likeness (QED) is 0.432. The van der Waals surface area contributed by atoms with Gasteiger partial charge in [0.05, 0.1) is 11.4 Å². The summed E-state index contributed by atoms with van der Waals surface area (Å²) >= 11 is 0. The lowest BCUT2D eigenvalue weighted by molar-refractivity contribution is -0.577. The van der Waals surface area contributed by atoms with Crippen LogP contribution in [0.2, 0.25) is 0 Å². The zero-order valence-electron chi connectivity index (χ0n) is 19.6. The van der Waals surface area contributed by atoms with Crippen LogP contribution < -0.4 is 9.67 Å². The van der Waals surface area contributed by atoms with Gasteiger partial charge in [-0.2, -0.15) is 9.67 Å². The molecular formula is C26H28N4O3. The normalized spacial score (nSPS) is 14.2. The van der Waals surface area contributed by atoms with E-state index in [0.29, 0.717) is 17.8 Å². The van der Waals surface area contributed by atoms with E-state index in [2.05, 4.69) is 5.10 Å². The van der Waals surface area contributed by atoms with Gasteiger partial charge in [-0.3, -0.25) is 14.5 Å². The van der Waals surface area contributed by atoms with Crippen LogP contribution in [0.1, 0.15) is 49.6 Å². The number of para-hydroxylation sites is 1. The van der Waals surface area contributed by atoms with Crippen LogP contribution in [0.15, 0.2) is 48.8 Å². The Morgan fingerprint density at radius 2 is 1.67 bits per heavy atom. The molecule has 4 rings (SSSR count). The summed E-state index contributed by atoms with van der Waals surface area (Å²) in [7, 11) is 0. The molecule has 0 saturated heterocycles. The average Bonchev–Trinajstić information content (AvgIpc) is 3.20. The fraction of sp³-hybridized carbons (Fsp3) is 0.308. The van der Waals surface area contributed by atoms with E-state index in [1.807, 2.05) is 57.4 Å². The predicted molar refractivity (Wildman–Crippen MR) is 123 cm³/mol. The van der Waals surface area contributed by atoms with Gasteiger partial charge in [-0.05, 0) is 58.2 Å². The summed E-state index contributed by atoms with van der Waals surface area (Å²) in [4.78, 5) is 28.4. The number of carbonyl (C=O) groups excluding carboxylic acids is 2. The van der Waals surface area contributed by atoms with E-state index in [0.717, 1.165) is 17.5 Å². The second-order valence-electron chi connectivity index (χ2n) is 8.72. The lowest BCUT2D eigenvalue weighted by atomic mass is 10.0. The Labute approximate surface area is 193 Å². The van der Waals surface area contributed by atoms with Crippen molar-refractivity contribution in [2.75, 3.05) is 0 Å². The minimum atomic E-state index is -0.460. The van der Waals surface area contributed by atoms with Crippen molar-refractivity contribution in [1.82, 2.24) is 14.7 Å². The molecule has 0 fully saturated rings. The van der Waals surface area contributed by atoms with Crippen molar-refractivity contribution in [2.24, 2.45) is 0 Å². The zero-order chi connectivity index (χ0) is 23.9. The number of rotatable bonds is 6. The van der Waals surface area contributed by atoms with Crippen LogP contribution in [0.3, 0.4) is 0 Å². The Hall–Kier alpha value is -3.74. The van der Waals surface area contributed by atoms with Crippen molar-refractivity contribution in [3.8, 4) is 11.6 Å². The SMILES string of the molecule is CCCc1nn(-c2ccccc2)c([O-])c1C1=C([n+]2cc(C)cc(C)c2)C(=O)N(C(C)C)C1=O. The van der Waals surface area contributed by atoms with Gasteiger partial charge in [0, 0.05) is 22.7 Å². The number of pyridine rings is 1. The lowest BCUT2D eigenvalue weighted by Gasteiger charge is -2.18. The zero-order valence-corrected chi connectivity index (χ0v) is 19.6. The van der Waals surface area contributed by atoms with Gasteiger partial charge in [0.2, 0.25) is 0 Å². The molecule has 0 spiro atoms. The fourth-order valence-corrected chi connectivity index (χ4v) is 4.36. The van der Waals surface area contributed by atoms with Crippen molar-refractivity contribution >= 4 is 23.1 Å². The van der Waals surface area contributed by atoms with Crippen LogP contribution in [-0.2, 0) is 16.0 Å². The molecular weight excluding hydrogens is 416 g/mol. The summed E-state index contributed by atoms with van der Waals surface area (Å²) in [5.74, 6) is -1.26. The third kappa shape index (κ3) is 3.84. The molecule has 0 radical (unpaired) electrons. The highest BCUT2D eigenvalue weighted by atomic mass is 16.3.